The summed E-state index contributed by atoms with van der Waals surface area (Å²) < 4.78 is 5.40. The second-order valence-electron chi connectivity index (χ2n) is 8.43. The molecule has 2 atom stereocenters. The van der Waals surface area contributed by atoms with Gasteiger partial charge >= 0.3 is 13.1 Å². The van der Waals surface area contributed by atoms with Crippen molar-refractivity contribution in [1.29, 1.82) is 0 Å². The maximum absolute atomic E-state index is 12.5. The molecule has 1 aromatic carbocycles. The third kappa shape index (κ3) is 6.19. The molecule has 1 saturated carbocycles. The summed E-state index contributed by atoms with van der Waals surface area (Å²) in [4.78, 5) is 23.8. The van der Waals surface area contributed by atoms with Crippen molar-refractivity contribution in [2.24, 2.45) is 5.92 Å². The van der Waals surface area contributed by atoms with Crippen molar-refractivity contribution in [1.82, 2.24) is 16.0 Å². The summed E-state index contributed by atoms with van der Waals surface area (Å²) >= 11 is 0. The van der Waals surface area contributed by atoms with E-state index >= 15 is 0 Å². The van der Waals surface area contributed by atoms with Gasteiger partial charge in [0.05, 0.1) is 24.0 Å². The Bertz CT molecular complexity index is 771. The summed E-state index contributed by atoms with van der Waals surface area (Å²) in [6.45, 7) is 1.83. The summed E-state index contributed by atoms with van der Waals surface area (Å²) in [5.41, 5.74) is 0.591. The van der Waals surface area contributed by atoms with E-state index in [9.17, 15) is 24.8 Å². The number of carboxylic acids is 1. The standard InChI is InChI=1S/C21H32BN3O6/c1-23-9-10-24-15-7-5-13(6-8-15)17(26)12-19(27)25-18-11-14-3-2-4-16(21(28)29)20(14)31-22(18)30/h2-4,13,15,17-18,23-24,26,30H,5-12H2,1H3,(H,25,27)(H,28,29)/t13-,15-,17?,18-/m0/s1. The minimum atomic E-state index is -1.35. The molecule has 2 aliphatic rings. The van der Waals surface area contributed by atoms with Gasteiger partial charge in [0.25, 0.3) is 0 Å². The average molecular weight is 433 g/mol. The molecule has 1 aromatic rings. The quantitative estimate of drug-likeness (QED) is 0.235. The van der Waals surface area contributed by atoms with Crippen LogP contribution < -0.4 is 20.6 Å². The lowest BCUT2D eigenvalue weighted by atomic mass is 9.72. The molecule has 1 amide bonds. The molecule has 0 radical (unpaired) electrons. The van der Waals surface area contributed by atoms with E-state index in [1.165, 1.54) is 6.07 Å². The first-order valence-corrected chi connectivity index (χ1v) is 10.9. The summed E-state index contributed by atoms with van der Waals surface area (Å²) in [7, 11) is 0.568. The van der Waals surface area contributed by atoms with Gasteiger partial charge in [-0.2, -0.15) is 0 Å². The molecule has 1 aliphatic carbocycles. The van der Waals surface area contributed by atoms with Crippen LogP contribution in [0.15, 0.2) is 18.2 Å². The summed E-state index contributed by atoms with van der Waals surface area (Å²) in [6.07, 6.45) is 3.18. The first-order chi connectivity index (χ1) is 14.9. The number of amides is 1. The zero-order chi connectivity index (χ0) is 22.4. The molecular formula is C21H32BN3O6. The molecule has 0 aromatic heterocycles. The number of para-hydroxylation sites is 1. The lowest BCUT2D eigenvalue weighted by Gasteiger charge is -2.32. The summed E-state index contributed by atoms with van der Waals surface area (Å²) in [5.74, 6) is -1.98. The SMILES string of the molecule is CNCCN[C@H]1CC[C@H](C(O)CC(=O)N[C@H]2Cc3cccc(C(=O)O)c3OB2O)CC1. The Morgan fingerprint density at radius 3 is 2.65 bits per heavy atom. The predicted octanol–water partition coefficient (Wildman–Crippen LogP) is -0.0570. The second kappa shape index (κ2) is 10.9. The molecule has 170 valence electrons. The number of aliphatic hydroxyl groups is 1. The van der Waals surface area contributed by atoms with Crippen LogP contribution in [0.25, 0.3) is 0 Å². The monoisotopic (exact) mass is 433 g/mol. The van der Waals surface area contributed by atoms with Crippen molar-refractivity contribution in [3.05, 3.63) is 29.3 Å². The Morgan fingerprint density at radius 1 is 1.23 bits per heavy atom. The number of carbonyl (C=O) groups excluding carboxylic acids is 1. The van der Waals surface area contributed by atoms with Gasteiger partial charge in [-0.1, -0.05) is 12.1 Å². The average Bonchev–Trinajstić information content (AvgIpc) is 2.74. The van der Waals surface area contributed by atoms with E-state index in [0.29, 0.717) is 11.6 Å². The van der Waals surface area contributed by atoms with Gasteiger partial charge in [0.2, 0.25) is 5.91 Å². The Kier molecular flexibility index (Phi) is 8.31. The summed E-state index contributed by atoms with van der Waals surface area (Å²) in [6, 6.07) is 5.19. The van der Waals surface area contributed by atoms with Crippen molar-refractivity contribution in [2.45, 2.75) is 56.6 Å². The Hall–Kier alpha value is -2.14. The highest BCUT2D eigenvalue weighted by molar-refractivity contribution is 6.47. The van der Waals surface area contributed by atoms with Gasteiger partial charge in [0, 0.05) is 19.1 Å². The van der Waals surface area contributed by atoms with Gasteiger partial charge in [0.15, 0.2) is 0 Å². The molecule has 3 rings (SSSR count). The van der Waals surface area contributed by atoms with Gasteiger partial charge in [-0.3, -0.25) is 4.79 Å². The molecule has 10 heteroatoms. The fourth-order valence-electron chi connectivity index (χ4n) is 4.45. The van der Waals surface area contributed by atoms with E-state index in [1.807, 2.05) is 7.05 Å². The fraction of sp³-hybridized carbons (Fsp3) is 0.619. The summed E-state index contributed by atoms with van der Waals surface area (Å²) in [5, 5.41) is 39.4. The van der Waals surface area contributed by atoms with E-state index in [0.717, 1.165) is 38.8 Å². The normalized spacial score (nSPS) is 24.1. The van der Waals surface area contributed by atoms with Crippen LogP contribution in [-0.2, 0) is 11.2 Å². The molecule has 0 bridgehead atoms. The number of benzene rings is 1. The van der Waals surface area contributed by atoms with Crippen molar-refractivity contribution < 1.29 is 29.5 Å². The number of nitrogens with one attached hydrogen (secondary N) is 3. The van der Waals surface area contributed by atoms with Crippen LogP contribution in [0.5, 0.6) is 5.75 Å². The topological polar surface area (TPSA) is 140 Å². The van der Waals surface area contributed by atoms with E-state index in [4.69, 9.17) is 4.65 Å². The first kappa shape index (κ1) is 23.5. The largest absolute Gasteiger partial charge is 0.547 e. The fourth-order valence-corrected chi connectivity index (χ4v) is 4.45. The molecule has 1 heterocycles. The molecule has 1 fully saturated rings. The van der Waals surface area contributed by atoms with Crippen LogP contribution in [0.2, 0.25) is 0 Å². The Morgan fingerprint density at radius 2 is 1.97 bits per heavy atom. The minimum absolute atomic E-state index is 0.0206. The number of aliphatic hydroxyl groups excluding tert-OH is 1. The molecule has 0 saturated heterocycles. The number of likely N-dealkylation sites (N-methyl/N-ethyl adjacent to an activating group) is 1. The molecule has 9 nitrogen and oxygen atoms in total. The number of fused-ring (bicyclic) bond motifs is 1. The van der Waals surface area contributed by atoms with Crippen LogP contribution in [-0.4, -0.2) is 72.5 Å². The van der Waals surface area contributed by atoms with E-state index < -0.39 is 25.1 Å². The van der Waals surface area contributed by atoms with Crippen LogP contribution in [0.3, 0.4) is 0 Å². The third-order valence-corrected chi connectivity index (χ3v) is 6.21. The van der Waals surface area contributed by atoms with Crippen molar-refractivity contribution >= 4 is 19.0 Å². The minimum Gasteiger partial charge on any atom is -0.534 e. The maximum atomic E-state index is 12.5. The highest BCUT2D eigenvalue weighted by Gasteiger charge is 2.38. The number of carbonyl (C=O) groups is 2. The van der Waals surface area contributed by atoms with E-state index in [2.05, 4.69) is 16.0 Å². The zero-order valence-corrected chi connectivity index (χ0v) is 17.8. The lowest BCUT2D eigenvalue weighted by Crippen LogP contribution is -2.53. The van der Waals surface area contributed by atoms with Gasteiger partial charge in [-0.15, -0.1) is 0 Å². The van der Waals surface area contributed by atoms with E-state index in [-0.39, 0.29) is 36.0 Å². The maximum Gasteiger partial charge on any atom is 0.547 e. The highest BCUT2D eigenvalue weighted by Crippen LogP contribution is 2.31. The second-order valence-corrected chi connectivity index (χ2v) is 8.43. The van der Waals surface area contributed by atoms with Gasteiger partial charge in [-0.25, -0.2) is 4.79 Å². The number of hydrogen-bond acceptors (Lipinski definition) is 7. The Balaban J connectivity index is 1.47. The van der Waals surface area contributed by atoms with Gasteiger partial charge in [0.1, 0.15) is 5.75 Å². The van der Waals surface area contributed by atoms with E-state index in [1.54, 1.807) is 12.1 Å². The van der Waals surface area contributed by atoms with Crippen molar-refractivity contribution in [3.8, 4) is 5.75 Å². The van der Waals surface area contributed by atoms with Crippen molar-refractivity contribution in [3.63, 3.8) is 0 Å². The number of rotatable bonds is 9. The number of carboxylic acid groups (broad SMARTS) is 1. The highest BCUT2D eigenvalue weighted by atomic mass is 16.5. The lowest BCUT2D eigenvalue weighted by molar-refractivity contribution is -0.124. The van der Waals surface area contributed by atoms with Crippen LogP contribution in [0, 0.1) is 5.92 Å². The number of hydrogen-bond donors (Lipinski definition) is 6. The molecule has 6 N–H and O–H groups in total. The molecular weight excluding hydrogens is 401 g/mol. The molecule has 31 heavy (non-hydrogen) atoms. The smallest absolute Gasteiger partial charge is 0.534 e. The molecule has 0 spiro atoms. The third-order valence-electron chi connectivity index (χ3n) is 6.21. The predicted molar refractivity (Wildman–Crippen MR) is 116 cm³/mol. The number of aromatic carboxylic acids is 1. The first-order valence-electron chi connectivity index (χ1n) is 10.9. The van der Waals surface area contributed by atoms with Gasteiger partial charge < -0.3 is 35.8 Å². The van der Waals surface area contributed by atoms with Crippen LogP contribution >= 0.6 is 0 Å². The van der Waals surface area contributed by atoms with Gasteiger partial charge in [-0.05, 0) is 56.7 Å². The zero-order valence-electron chi connectivity index (χ0n) is 17.8. The van der Waals surface area contributed by atoms with Crippen molar-refractivity contribution in [2.75, 3.05) is 20.1 Å². The molecule has 1 aliphatic heterocycles. The Labute approximate surface area is 182 Å². The molecule has 1 unspecified atom stereocenters. The van der Waals surface area contributed by atoms with Crippen LogP contribution in [0.1, 0.15) is 48.0 Å². The van der Waals surface area contributed by atoms with Crippen LogP contribution in [0.4, 0.5) is 0 Å².